The molecule has 0 fully saturated rings. The summed E-state index contributed by atoms with van der Waals surface area (Å²) in [6.45, 7) is 4.11. The molecule has 0 amide bonds. The summed E-state index contributed by atoms with van der Waals surface area (Å²) in [4.78, 5) is 4.30. The summed E-state index contributed by atoms with van der Waals surface area (Å²) in [5, 5.41) is 16.4. The van der Waals surface area contributed by atoms with Crippen molar-refractivity contribution in [2.24, 2.45) is 10.9 Å². The van der Waals surface area contributed by atoms with Crippen molar-refractivity contribution in [3.8, 4) is 5.82 Å². The van der Waals surface area contributed by atoms with Gasteiger partial charge in [-0.1, -0.05) is 19.0 Å². The SMILES string of the molecule is CCc1cc(CC)n(-c2ncccc2/C(N)=N/O)n1. The van der Waals surface area contributed by atoms with Gasteiger partial charge in [-0.2, -0.15) is 5.10 Å². The summed E-state index contributed by atoms with van der Waals surface area (Å²) in [7, 11) is 0. The van der Waals surface area contributed by atoms with Crippen molar-refractivity contribution in [1.29, 1.82) is 0 Å². The van der Waals surface area contributed by atoms with Gasteiger partial charge >= 0.3 is 0 Å². The van der Waals surface area contributed by atoms with E-state index < -0.39 is 0 Å². The maximum atomic E-state index is 8.84. The molecule has 2 aromatic rings. The van der Waals surface area contributed by atoms with Crippen LogP contribution in [0, 0.1) is 0 Å². The lowest BCUT2D eigenvalue weighted by Crippen LogP contribution is -2.18. The standard InChI is InChI=1S/C13H17N5O/c1-3-9-8-10(4-2)18(16-9)13-11(12(14)17-19)6-5-7-15-13/h5-8,19H,3-4H2,1-2H3,(H2,14,17). The summed E-state index contributed by atoms with van der Waals surface area (Å²) < 4.78 is 1.76. The van der Waals surface area contributed by atoms with Crippen LogP contribution in [0.2, 0.25) is 0 Å². The molecule has 0 aromatic carbocycles. The molecule has 0 saturated heterocycles. The van der Waals surface area contributed by atoms with Crippen molar-refractivity contribution in [2.45, 2.75) is 26.7 Å². The summed E-state index contributed by atoms with van der Waals surface area (Å²) in [5.74, 6) is 0.605. The highest BCUT2D eigenvalue weighted by Crippen LogP contribution is 2.15. The highest BCUT2D eigenvalue weighted by molar-refractivity contribution is 5.99. The van der Waals surface area contributed by atoms with E-state index in [1.54, 1.807) is 23.0 Å². The Bertz CT molecular complexity index is 603. The zero-order chi connectivity index (χ0) is 13.8. The lowest BCUT2D eigenvalue weighted by molar-refractivity contribution is 0.318. The fraction of sp³-hybridized carbons (Fsp3) is 0.308. The maximum Gasteiger partial charge on any atom is 0.173 e. The molecule has 0 saturated carbocycles. The van der Waals surface area contributed by atoms with Crippen LogP contribution in [0.4, 0.5) is 0 Å². The molecule has 100 valence electrons. The second-order valence-corrected chi connectivity index (χ2v) is 4.11. The fourth-order valence-electron chi connectivity index (χ4n) is 1.90. The van der Waals surface area contributed by atoms with Crippen LogP contribution in [0.3, 0.4) is 0 Å². The minimum absolute atomic E-state index is 0.0266. The largest absolute Gasteiger partial charge is 0.409 e. The van der Waals surface area contributed by atoms with Crippen molar-refractivity contribution >= 4 is 5.84 Å². The number of amidine groups is 1. The first-order chi connectivity index (χ1) is 9.21. The first kappa shape index (κ1) is 13.1. The van der Waals surface area contributed by atoms with Crippen molar-refractivity contribution in [3.05, 3.63) is 41.3 Å². The van der Waals surface area contributed by atoms with Crippen molar-refractivity contribution in [3.63, 3.8) is 0 Å². The Balaban J connectivity index is 2.61. The highest BCUT2D eigenvalue weighted by Gasteiger charge is 2.14. The smallest absolute Gasteiger partial charge is 0.173 e. The number of rotatable bonds is 4. The predicted octanol–water partition coefficient (Wildman–Crippen LogP) is 1.49. The number of aromatic nitrogens is 3. The Morgan fingerprint density at radius 2 is 2.21 bits per heavy atom. The number of nitrogens with zero attached hydrogens (tertiary/aromatic N) is 4. The van der Waals surface area contributed by atoms with E-state index >= 15 is 0 Å². The molecule has 2 heterocycles. The molecule has 0 aliphatic heterocycles. The van der Waals surface area contributed by atoms with Crippen LogP contribution < -0.4 is 5.73 Å². The van der Waals surface area contributed by atoms with Gasteiger partial charge in [0, 0.05) is 11.9 Å². The third kappa shape index (κ3) is 2.42. The Morgan fingerprint density at radius 1 is 1.42 bits per heavy atom. The van der Waals surface area contributed by atoms with Crippen LogP contribution in [-0.2, 0) is 12.8 Å². The molecule has 2 rings (SSSR count). The molecule has 0 aliphatic carbocycles. The molecule has 6 heteroatoms. The molecule has 0 radical (unpaired) electrons. The highest BCUT2D eigenvalue weighted by atomic mass is 16.4. The predicted molar refractivity (Wildman–Crippen MR) is 72.6 cm³/mol. The molecular weight excluding hydrogens is 242 g/mol. The molecule has 19 heavy (non-hydrogen) atoms. The van der Waals surface area contributed by atoms with Gasteiger partial charge in [0.1, 0.15) is 0 Å². The van der Waals surface area contributed by atoms with Gasteiger partial charge in [0.2, 0.25) is 0 Å². The monoisotopic (exact) mass is 259 g/mol. The van der Waals surface area contributed by atoms with Gasteiger partial charge in [-0.3, -0.25) is 0 Å². The van der Waals surface area contributed by atoms with Gasteiger partial charge in [0.15, 0.2) is 11.7 Å². The third-order valence-electron chi connectivity index (χ3n) is 2.93. The number of pyridine rings is 1. The number of aryl methyl sites for hydroxylation is 2. The van der Waals surface area contributed by atoms with E-state index in [0.29, 0.717) is 11.4 Å². The van der Waals surface area contributed by atoms with E-state index in [2.05, 4.69) is 29.1 Å². The summed E-state index contributed by atoms with van der Waals surface area (Å²) >= 11 is 0. The molecule has 6 nitrogen and oxygen atoms in total. The van der Waals surface area contributed by atoms with E-state index in [1.807, 2.05) is 6.07 Å². The van der Waals surface area contributed by atoms with E-state index in [1.165, 1.54) is 0 Å². The zero-order valence-corrected chi connectivity index (χ0v) is 11.0. The number of oxime groups is 1. The van der Waals surface area contributed by atoms with Crippen molar-refractivity contribution < 1.29 is 5.21 Å². The average molecular weight is 259 g/mol. The van der Waals surface area contributed by atoms with Gasteiger partial charge in [0.05, 0.1) is 11.3 Å². The van der Waals surface area contributed by atoms with Crippen LogP contribution >= 0.6 is 0 Å². The van der Waals surface area contributed by atoms with E-state index in [0.717, 1.165) is 24.2 Å². The molecule has 0 unspecified atom stereocenters. The van der Waals surface area contributed by atoms with Crippen LogP contribution in [0.15, 0.2) is 29.6 Å². The molecule has 0 bridgehead atoms. The van der Waals surface area contributed by atoms with Gasteiger partial charge in [0.25, 0.3) is 0 Å². The van der Waals surface area contributed by atoms with Crippen molar-refractivity contribution in [1.82, 2.24) is 14.8 Å². The fourth-order valence-corrected chi connectivity index (χ4v) is 1.90. The van der Waals surface area contributed by atoms with E-state index in [9.17, 15) is 0 Å². The van der Waals surface area contributed by atoms with E-state index in [4.69, 9.17) is 10.9 Å². The third-order valence-corrected chi connectivity index (χ3v) is 2.93. The van der Waals surface area contributed by atoms with Crippen LogP contribution in [0.5, 0.6) is 0 Å². The molecular formula is C13H17N5O. The summed E-state index contributed by atoms with van der Waals surface area (Å²) in [5.41, 5.74) is 8.28. The molecule has 3 N–H and O–H groups in total. The summed E-state index contributed by atoms with van der Waals surface area (Å²) in [6, 6.07) is 5.54. The molecule has 0 aliphatic rings. The number of hydrogen-bond donors (Lipinski definition) is 2. The quantitative estimate of drug-likeness (QED) is 0.377. The second-order valence-electron chi connectivity index (χ2n) is 4.11. The number of nitrogens with two attached hydrogens (primary N) is 1. The Hall–Kier alpha value is -2.37. The van der Waals surface area contributed by atoms with Crippen molar-refractivity contribution in [2.75, 3.05) is 0 Å². The molecule has 0 atom stereocenters. The van der Waals surface area contributed by atoms with Gasteiger partial charge in [-0.15, -0.1) is 0 Å². The normalized spacial score (nSPS) is 11.8. The first-order valence-corrected chi connectivity index (χ1v) is 6.22. The van der Waals surface area contributed by atoms with Gasteiger partial charge in [-0.25, -0.2) is 9.67 Å². The average Bonchev–Trinajstić information content (AvgIpc) is 2.89. The van der Waals surface area contributed by atoms with Gasteiger partial charge in [-0.05, 0) is 31.0 Å². The molecule has 2 aromatic heterocycles. The Kier molecular flexibility index (Phi) is 3.79. The second kappa shape index (κ2) is 5.51. The minimum atomic E-state index is 0.0266. The molecule has 0 spiro atoms. The van der Waals surface area contributed by atoms with Crippen LogP contribution in [-0.4, -0.2) is 25.8 Å². The first-order valence-electron chi connectivity index (χ1n) is 6.22. The lowest BCUT2D eigenvalue weighted by Gasteiger charge is -2.09. The van der Waals surface area contributed by atoms with Crippen LogP contribution in [0.1, 0.15) is 30.8 Å². The maximum absolute atomic E-state index is 8.84. The van der Waals surface area contributed by atoms with Gasteiger partial charge < -0.3 is 10.9 Å². The number of hydrogen-bond acceptors (Lipinski definition) is 4. The van der Waals surface area contributed by atoms with E-state index in [-0.39, 0.29) is 5.84 Å². The lowest BCUT2D eigenvalue weighted by atomic mass is 10.2. The minimum Gasteiger partial charge on any atom is -0.409 e. The summed E-state index contributed by atoms with van der Waals surface area (Å²) in [6.07, 6.45) is 3.35. The zero-order valence-electron chi connectivity index (χ0n) is 11.0. The Labute approximate surface area is 111 Å². The topological polar surface area (TPSA) is 89.3 Å². The Morgan fingerprint density at radius 3 is 2.84 bits per heavy atom. The van der Waals surface area contributed by atoms with Crippen LogP contribution in [0.25, 0.3) is 5.82 Å².